The number of rotatable bonds is 2. The van der Waals surface area contributed by atoms with Gasteiger partial charge < -0.3 is 10.5 Å². The Balaban J connectivity index is 0.00000196. The number of halogens is 3. The van der Waals surface area contributed by atoms with Crippen molar-refractivity contribution >= 4 is 18.4 Å². The maximum atomic E-state index is 13.1. The number of benzene rings is 1. The fourth-order valence-electron chi connectivity index (χ4n) is 1.01. The molecule has 0 heterocycles. The average molecular weight is 238 g/mol. The van der Waals surface area contributed by atoms with E-state index in [-0.39, 0.29) is 18.0 Å². The molecule has 1 rings (SSSR count). The summed E-state index contributed by atoms with van der Waals surface area (Å²) in [7, 11) is 1.14. The third-order valence-corrected chi connectivity index (χ3v) is 1.75. The Hall–Kier alpha value is -1.20. The van der Waals surface area contributed by atoms with E-state index in [0.29, 0.717) is 6.07 Å². The van der Waals surface area contributed by atoms with E-state index in [1.54, 1.807) is 0 Å². The van der Waals surface area contributed by atoms with Crippen LogP contribution < -0.4 is 5.73 Å². The van der Waals surface area contributed by atoms with Gasteiger partial charge in [0.25, 0.3) is 0 Å². The first-order chi connectivity index (χ1) is 6.56. The molecule has 0 aliphatic rings. The van der Waals surface area contributed by atoms with Crippen LogP contribution in [0.4, 0.5) is 8.78 Å². The lowest BCUT2D eigenvalue weighted by molar-refractivity contribution is -0.142. The molecule has 0 aromatic heterocycles. The zero-order chi connectivity index (χ0) is 10.7. The van der Waals surface area contributed by atoms with E-state index in [1.807, 2.05) is 0 Å². The van der Waals surface area contributed by atoms with Crippen LogP contribution >= 0.6 is 12.4 Å². The Bertz CT molecular complexity index is 360. The lowest BCUT2D eigenvalue weighted by Crippen LogP contribution is -2.23. The molecule has 0 radical (unpaired) electrons. The van der Waals surface area contributed by atoms with Crippen LogP contribution in [0.3, 0.4) is 0 Å². The SMILES string of the molecule is COC(=O)[C@H](N)c1ccc(F)cc1F.Cl. The van der Waals surface area contributed by atoms with Crippen LogP contribution in [0, 0.1) is 11.6 Å². The number of methoxy groups -OCH3 is 1. The van der Waals surface area contributed by atoms with Gasteiger partial charge in [-0.3, -0.25) is 4.79 Å². The minimum absolute atomic E-state index is 0. The third kappa shape index (κ3) is 3.14. The smallest absolute Gasteiger partial charge is 0.327 e. The first-order valence-corrected chi connectivity index (χ1v) is 3.84. The molecule has 0 aliphatic carbocycles. The highest BCUT2D eigenvalue weighted by Gasteiger charge is 2.19. The molecule has 6 heteroatoms. The van der Waals surface area contributed by atoms with Gasteiger partial charge in [0.1, 0.15) is 17.7 Å². The second-order valence-electron chi connectivity index (χ2n) is 2.67. The second-order valence-corrected chi connectivity index (χ2v) is 2.67. The molecule has 2 N–H and O–H groups in total. The molecule has 0 bridgehead atoms. The maximum absolute atomic E-state index is 13.1. The third-order valence-electron chi connectivity index (χ3n) is 1.75. The van der Waals surface area contributed by atoms with Crippen LogP contribution in [0.25, 0.3) is 0 Å². The highest BCUT2D eigenvalue weighted by Crippen LogP contribution is 2.16. The van der Waals surface area contributed by atoms with Gasteiger partial charge >= 0.3 is 5.97 Å². The Morgan fingerprint density at radius 1 is 1.47 bits per heavy atom. The summed E-state index contributed by atoms with van der Waals surface area (Å²) in [5.74, 6) is -2.35. The number of nitrogens with two attached hydrogens (primary N) is 1. The van der Waals surface area contributed by atoms with E-state index in [4.69, 9.17) is 5.73 Å². The lowest BCUT2D eigenvalue weighted by Gasteiger charge is -2.09. The van der Waals surface area contributed by atoms with E-state index in [0.717, 1.165) is 19.2 Å². The van der Waals surface area contributed by atoms with E-state index in [2.05, 4.69) is 4.74 Å². The number of carbonyl (C=O) groups is 1. The highest BCUT2D eigenvalue weighted by molar-refractivity contribution is 5.85. The fourth-order valence-corrected chi connectivity index (χ4v) is 1.01. The predicted molar refractivity (Wildman–Crippen MR) is 52.6 cm³/mol. The summed E-state index contributed by atoms with van der Waals surface area (Å²) in [6.45, 7) is 0. The zero-order valence-corrected chi connectivity index (χ0v) is 8.68. The Labute approximate surface area is 91.6 Å². The molecule has 15 heavy (non-hydrogen) atoms. The van der Waals surface area contributed by atoms with Gasteiger partial charge in [-0.2, -0.15) is 0 Å². The van der Waals surface area contributed by atoms with Gasteiger partial charge in [-0.05, 0) is 6.07 Å². The van der Waals surface area contributed by atoms with Crippen LogP contribution in [-0.4, -0.2) is 13.1 Å². The number of ether oxygens (including phenoxy) is 1. The van der Waals surface area contributed by atoms with Crippen molar-refractivity contribution in [2.24, 2.45) is 5.73 Å². The first kappa shape index (κ1) is 13.8. The van der Waals surface area contributed by atoms with Gasteiger partial charge in [0.05, 0.1) is 7.11 Å². The van der Waals surface area contributed by atoms with Gasteiger partial charge in [-0.25, -0.2) is 8.78 Å². The Morgan fingerprint density at radius 2 is 2.07 bits per heavy atom. The molecule has 0 amide bonds. The van der Waals surface area contributed by atoms with E-state index >= 15 is 0 Å². The van der Waals surface area contributed by atoms with Crippen LogP contribution in [-0.2, 0) is 9.53 Å². The topological polar surface area (TPSA) is 52.3 Å². The monoisotopic (exact) mass is 237 g/mol. The number of esters is 1. The zero-order valence-electron chi connectivity index (χ0n) is 7.87. The van der Waals surface area contributed by atoms with Crippen LogP contribution in [0.15, 0.2) is 18.2 Å². The van der Waals surface area contributed by atoms with Crippen LogP contribution in [0.5, 0.6) is 0 Å². The molecule has 3 nitrogen and oxygen atoms in total. The van der Waals surface area contributed by atoms with Crippen LogP contribution in [0.2, 0.25) is 0 Å². The molecule has 0 saturated carbocycles. The Kier molecular flexibility index (Phi) is 5.18. The van der Waals surface area contributed by atoms with Gasteiger partial charge in [-0.1, -0.05) is 6.07 Å². The summed E-state index contributed by atoms with van der Waals surface area (Å²) < 4.78 is 29.9. The van der Waals surface area contributed by atoms with Crippen molar-refractivity contribution in [2.45, 2.75) is 6.04 Å². The molecule has 0 saturated heterocycles. The van der Waals surface area contributed by atoms with E-state index < -0.39 is 23.6 Å². The van der Waals surface area contributed by atoms with Crippen molar-refractivity contribution in [3.05, 3.63) is 35.4 Å². The van der Waals surface area contributed by atoms with Crippen molar-refractivity contribution in [3.63, 3.8) is 0 Å². The summed E-state index contributed by atoms with van der Waals surface area (Å²) in [4.78, 5) is 10.9. The molecule has 84 valence electrons. The maximum Gasteiger partial charge on any atom is 0.327 e. The first-order valence-electron chi connectivity index (χ1n) is 3.84. The van der Waals surface area contributed by atoms with E-state index in [9.17, 15) is 13.6 Å². The number of hydrogen-bond donors (Lipinski definition) is 1. The van der Waals surface area contributed by atoms with Crippen molar-refractivity contribution < 1.29 is 18.3 Å². The van der Waals surface area contributed by atoms with Gasteiger partial charge in [-0.15, -0.1) is 12.4 Å². The summed E-state index contributed by atoms with van der Waals surface area (Å²) in [6.07, 6.45) is 0. The van der Waals surface area contributed by atoms with E-state index in [1.165, 1.54) is 0 Å². The molecular weight excluding hydrogens is 228 g/mol. The Morgan fingerprint density at radius 3 is 2.53 bits per heavy atom. The summed E-state index contributed by atoms with van der Waals surface area (Å²) in [6, 6.07) is 1.59. The average Bonchev–Trinajstić information content (AvgIpc) is 2.15. The van der Waals surface area contributed by atoms with Crippen molar-refractivity contribution in [1.29, 1.82) is 0 Å². The molecule has 0 aliphatic heterocycles. The van der Waals surface area contributed by atoms with Crippen molar-refractivity contribution in [2.75, 3.05) is 7.11 Å². The number of hydrogen-bond acceptors (Lipinski definition) is 3. The largest absolute Gasteiger partial charge is 0.468 e. The highest BCUT2D eigenvalue weighted by atomic mass is 35.5. The van der Waals surface area contributed by atoms with Crippen molar-refractivity contribution in [1.82, 2.24) is 0 Å². The quantitative estimate of drug-likeness (QED) is 0.795. The van der Waals surface area contributed by atoms with Gasteiger partial charge in [0.2, 0.25) is 0 Å². The minimum atomic E-state index is -1.22. The molecule has 0 unspecified atom stereocenters. The van der Waals surface area contributed by atoms with Crippen LogP contribution in [0.1, 0.15) is 11.6 Å². The molecule has 0 spiro atoms. The summed E-state index contributed by atoms with van der Waals surface area (Å²) in [5.41, 5.74) is 5.28. The lowest BCUT2D eigenvalue weighted by atomic mass is 10.1. The molecule has 1 atom stereocenters. The van der Waals surface area contributed by atoms with Gasteiger partial charge in [0.15, 0.2) is 0 Å². The second kappa shape index (κ2) is 5.63. The standard InChI is InChI=1S/C9H9F2NO2.ClH/c1-14-9(13)8(12)6-3-2-5(10)4-7(6)11;/h2-4,8H,12H2,1H3;1H/t8-;/m1./s1. The van der Waals surface area contributed by atoms with Gasteiger partial charge in [0, 0.05) is 11.6 Å². The molecule has 1 aromatic rings. The minimum Gasteiger partial charge on any atom is -0.468 e. The molecule has 0 fully saturated rings. The number of carbonyl (C=O) groups excluding carboxylic acids is 1. The van der Waals surface area contributed by atoms with Crippen molar-refractivity contribution in [3.8, 4) is 0 Å². The summed E-state index contributed by atoms with van der Waals surface area (Å²) in [5, 5.41) is 0. The molecular formula is C9H10ClF2NO2. The fraction of sp³-hybridized carbons (Fsp3) is 0.222. The normalized spacial score (nSPS) is 11.5. The predicted octanol–water partition coefficient (Wildman–Crippen LogP) is 1.56. The summed E-state index contributed by atoms with van der Waals surface area (Å²) >= 11 is 0. The molecule has 1 aromatic carbocycles.